The number of anilines is 1. The van der Waals surface area contributed by atoms with E-state index in [4.69, 9.17) is 4.74 Å². The lowest BCUT2D eigenvalue weighted by atomic mass is 10.1. The molecule has 0 radical (unpaired) electrons. The van der Waals surface area contributed by atoms with Crippen molar-refractivity contribution >= 4 is 28.8 Å². The van der Waals surface area contributed by atoms with E-state index >= 15 is 0 Å². The van der Waals surface area contributed by atoms with E-state index in [9.17, 15) is 14.0 Å². The molecule has 0 spiro atoms. The third-order valence-electron chi connectivity index (χ3n) is 5.60. The molecule has 2 aromatic carbocycles. The van der Waals surface area contributed by atoms with E-state index in [1.807, 2.05) is 41.8 Å². The van der Waals surface area contributed by atoms with Crippen molar-refractivity contribution in [1.29, 1.82) is 0 Å². The zero-order chi connectivity index (χ0) is 23.0. The van der Waals surface area contributed by atoms with Gasteiger partial charge in [0.15, 0.2) is 0 Å². The molecule has 4 rings (SSSR count). The zero-order valence-corrected chi connectivity index (χ0v) is 19.2. The molecule has 172 valence electrons. The highest BCUT2D eigenvalue weighted by Gasteiger charge is 2.19. The molecule has 3 aromatic rings. The predicted octanol–water partition coefficient (Wildman–Crippen LogP) is 4.50. The van der Waals surface area contributed by atoms with E-state index < -0.39 is 0 Å². The first kappa shape index (κ1) is 23.1. The summed E-state index contributed by atoms with van der Waals surface area (Å²) >= 11 is 1.54. The van der Waals surface area contributed by atoms with Gasteiger partial charge in [0.2, 0.25) is 11.8 Å². The number of nitrogens with one attached hydrogen (secondary N) is 1. The lowest BCUT2D eigenvalue weighted by Crippen LogP contribution is -2.33. The number of rotatable bonds is 9. The van der Waals surface area contributed by atoms with Gasteiger partial charge in [-0.25, -0.2) is 4.39 Å². The van der Waals surface area contributed by atoms with Crippen LogP contribution in [0.5, 0.6) is 0 Å². The molecule has 1 fully saturated rings. The Morgan fingerprint density at radius 2 is 1.91 bits per heavy atom. The van der Waals surface area contributed by atoms with Gasteiger partial charge in [-0.2, -0.15) is 0 Å². The molecule has 33 heavy (non-hydrogen) atoms. The minimum atomic E-state index is -0.314. The van der Waals surface area contributed by atoms with Gasteiger partial charge in [0.25, 0.3) is 0 Å². The average Bonchev–Trinajstić information content (AvgIpc) is 3.52. The van der Waals surface area contributed by atoms with Crippen LogP contribution in [0.3, 0.4) is 0 Å². The standard InChI is InChI=1S/C26H27FN2O3S/c27-21-10-8-19(9-11-21)18-29(26(31)16-24-7-3-13-33-24)22-5-1-4-20(14-22)15-25(30)28-17-23-6-2-12-32-23/h1,3-5,7-11,13-14,23H,2,6,12,15-18H2,(H,28,30)/t23-/m1/s1. The average molecular weight is 467 g/mol. The second-order valence-electron chi connectivity index (χ2n) is 8.15. The number of hydrogen-bond acceptors (Lipinski definition) is 4. The number of carbonyl (C=O) groups is 2. The van der Waals surface area contributed by atoms with Crippen LogP contribution in [0.4, 0.5) is 10.1 Å². The number of amides is 2. The summed E-state index contributed by atoms with van der Waals surface area (Å²) in [5.74, 6) is -0.439. The molecule has 0 unspecified atom stereocenters. The largest absolute Gasteiger partial charge is 0.376 e. The van der Waals surface area contributed by atoms with E-state index in [1.54, 1.807) is 17.0 Å². The van der Waals surface area contributed by atoms with Crippen molar-refractivity contribution in [3.05, 3.63) is 87.9 Å². The van der Waals surface area contributed by atoms with Crippen molar-refractivity contribution in [3.8, 4) is 0 Å². The highest BCUT2D eigenvalue weighted by atomic mass is 32.1. The van der Waals surface area contributed by atoms with Gasteiger partial charge in [-0.05, 0) is 59.7 Å². The quantitative estimate of drug-likeness (QED) is 0.505. The predicted molar refractivity (Wildman–Crippen MR) is 128 cm³/mol. The molecule has 2 amide bonds. The van der Waals surface area contributed by atoms with E-state index in [1.165, 1.54) is 23.5 Å². The minimum Gasteiger partial charge on any atom is -0.376 e. The molecule has 1 atom stereocenters. The van der Waals surface area contributed by atoms with Crippen molar-refractivity contribution in [1.82, 2.24) is 5.32 Å². The van der Waals surface area contributed by atoms with Gasteiger partial charge >= 0.3 is 0 Å². The highest BCUT2D eigenvalue weighted by molar-refractivity contribution is 7.10. The summed E-state index contributed by atoms with van der Waals surface area (Å²) in [6.07, 6.45) is 2.61. The van der Waals surface area contributed by atoms with E-state index in [0.717, 1.165) is 35.5 Å². The summed E-state index contributed by atoms with van der Waals surface area (Å²) in [4.78, 5) is 28.3. The van der Waals surface area contributed by atoms with Crippen LogP contribution in [-0.2, 0) is 33.7 Å². The molecule has 0 saturated carbocycles. The summed E-state index contributed by atoms with van der Waals surface area (Å²) in [5.41, 5.74) is 2.37. The van der Waals surface area contributed by atoms with E-state index in [2.05, 4.69) is 5.32 Å². The molecule has 1 aliphatic rings. The fourth-order valence-electron chi connectivity index (χ4n) is 3.87. The SMILES string of the molecule is O=C(Cc1cccc(N(Cc2ccc(F)cc2)C(=O)Cc2cccs2)c1)NC[C@H]1CCCO1. The lowest BCUT2D eigenvalue weighted by Gasteiger charge is -2.24. The fraction of sp³-hybridized carbons (Fsp3) is 0.308. The van der Waals surface area contributed by atoms with E-state index in [0.29, 0.717) is 18.8 Å². The number of benzene rings is 2. The molecule has 0 aliphatic carbocycles. The lowest BCUT2D eigenvalue weighted by molar-refractivity contribution is -0.121. The van der Waals surface area contributed by atoms with Crippen LogP contribution in [0.25, 0.3) is 0 Å². The summed E-state index contributed by atoms with van der Waals surface area (Å²) in [6, 6.07) is 17.5. The zero-order valence-electron chi connectivity index (χ0n) is 18.3. The first-order valence-electron chi connectivity index (χ1n) is 11.1. The summed E-state index contributed by atoms with van der Waals surface area (Å²) in [7, 11) is 0. The van der Waals surface area contributed by atoms with Crippen molar-refractivity contribution in [3.63, 3.8) is 0 Å². The Balaban J connectivity index is 1.48. The van der Waals surface area contributed by atoms with Crippen LogP contribution in [0.15, 0.2) is 66.0 Å². The monoisotopic (exact) mass is 466 g/mol. The molecular formula is C26H27FN2O3S. The molecule has 0 bridgehead atoms. The number of nitrogens with zero attached hydrogens (tertiary/aromatic N) is 1. The topological polar surface area (TPSA) is 58.6 Å². The molecule has 7 heteroatoms. The molecule has 1 saturated heterocycles. The molecule has 1 aromatic heterocycles. The van der Waals surface area contributed by atoms with Crippen molar-refractivity contribution in [2.45, 2.75) is 38.3 Å². The fourth-order valence-corrected chi connectivity index (χ4v) is 4.56. The number of ether oxygens (including phenoxy) is 1. The maximum atomic E-state index is 13.4. The smallest absolute Gasteiger partial charge is 0.232 e. The van der Waals surface area contributed by atoms with Gasteiger partial charge < -0.3 is 15.0 Å². The highest BCUT2D eigenvalue weighted by Crippen LogP contribution is 2.22. The summed E-state index contributed by atoms with van der Waals surface area (Å²) in [5, 5.41) is 4.89. The Bertz CT molecular complexity index is 1060. The van der Waals surface area contributed by atoms with Crippen molar-refractivity contribution < 1.29 is 18.7 Å². The molecule has 5 nitrogen and oxygen atoms in total. The minimum absolute atomic E-state index is 0.0539. The maximum absolute atomic E-state index is 13.4. The van der Waals surface area contributed by atoms with E-state index in [-0.39, 0.29) is 36.6 Å². The molecule has 2 heterocycles. The Labute approximate surface area is 197 Å². The van der Waals surface area contributed by atoms with Crippen molar-refractivity contribution in [2.24, 2.45) is 0 Å². The third-order valence-corrected chi connectivity index (χ3v) is 6.47. The second kappa shape index (κ2) is 11.2. The maximum Gasteiger partial charge on any atom is 0.232 e. The normalized spacial score (nSPS) is 15.4. The van der Waals surface area contributed by atoms with Gasteiger partial charge in [-0.15, -0.1) is 11.3 Å². The first-order chi connectivity index (χ1) is 16.1. The van der Waals surface area contributed by atoms with Gasteiger partial charge in [0, 0.05) is 23.7 Å². The van der Waals surface area contributed by atoms with Crippen LogP contribution in [0.1, 0.15) is 28.8 Å². The second-order valence-corrected chi connectivity index (χ2v) is 9.18. The molecular weight excluding hydrogens is 439 g/mol. The van der Waals surface area contributed by atoms with Gasteiger partial charge in [-0.1, -0.05) is 30.3 Å². The third kappa shape index (κ3) is 6.73. The Morgan fingerprint density at radius 3 is 2.64 bits per heavy atom. The number of thiophene rings is 1. The van der Waals surface area contributed by atoms with Crippen LogP contribution in [-0.4, -0.2) is 31.1 Å². The van der Waals surface area contributed by atoms with Gasteiger partial charge in [0.05, 0.1) is 25.5 Å². The number of halogens is 1. The van der Waals surface area contributed by atoms with Crippen LogP contribution >= 0.6 is 11.3 Å². The van der Waals surface area contributed by atoms with Crippen LogP contribution in [0.2, 0.25) is 0 Å². The number of hydrogen-bond donors (Lipinski definition) is 1. The van der Waals surface area contributed by atoms with Gasteiger partial charge in [-0.3, -0.25) is 9.59 Å². The summed E-state index contributed by atoms with van der Waals surface area (Å²) < 4.78 is 18.9. The van der Waals surface area contributed by atoms with Crippen LogP contribution in [0, 0.1) is 5.82 Å². The van der Waals surface area contributed by atoms with Crippen LogP contribution < -0.4 is 10.2 Å². The molecule has 1 aliphatic heterocycles. The van der Waals surface area contributed by atoms with Crippen molar-refractivity contribution in [2.75, 3.05) is 18.1 Å². The Morgan fingerprint density at radius 1 is 1.06 bits per heavy atom. The van der Waals surface area contributed by atoms with Gasteiger partial charge in [0.1, 0.15) is 5.82 Å². The summed E-state index contributed by atoms with van der Waals surface area (Å²) in [6.45, 7) is 1.60. The molecule has 1 N–H and O–H groups in total. The Hall–Kier alpha value is -3.03. The number of carbonyl (C=O) groups excluding carboxylic acids is 2. The Kier molecular flexibility index (Phi) is 7.86. The first-order valence-corrected chi connectivity index (χ1v) is 12.0.